The van der Waals surface area contributed by atoms with Crippen LogP contribution < -0.4 is 0 Å². The summed E-state index contributed by atoms with van der Waals surface area (Å²) in [5.74, 6) is 0.452. The molecule has 1 aliphatic rings. The summed E-state index contributed by atoms with van der Waals surface area (Å²) in [7, 11) is 0. The maximum Gasteiger partial charge on any atom is 0.293 e. The van der Waals surface area contributed by atoms with Crippen molar-refractivity contribution in [3.05, 3.63) is 70.2 Å². The van der Waals surface area contributed by atoms with E-state index in [4.69, 9.17) is 21.2 Å². The number of hydrogen-bond donors (Lipinski definition) is 0. The molecule has 1 aliphatic heterocycles. The third-order valence-corrected chi connectivity index (χ3v) is 3.11. The lowest BCUT2D eigenvalue weighted by Crippen LogP contribution is -2.05. The average molecular weight is 274 g/mol. The van der Waals surface area contributed by atoms with E-state index in [2.05, 4.69) is 5.16 Å². The largest absolute Gasteiger partial charge is 0.428 e. The van der Waals surface area contributed by atoms with E-state index in [-0.39, 0.29) is 0 Å². The fourth-order valence-corrected chi connectivity index (χ4v) is 2.03. The molecule has 0 amide bonds. The van der Waals surface area contributed by atoms with Gasteiger partial charge in [-0.05, 0) is 30.3 Å². The van der Waals surface area contributed by atoms with Gasteiger partial charge in [0.2, 0.25) is 0 Å². The summed E-state index contributed by atoms with van der Waals surface area (Å²) in [6.45, 7) is 2.04. The van der Waals surface area contributed by atoms with Gasteiger partial charge >= 0.3 is 0 Å². The van der Waals surface area contributed by atoms with Crippen molar-refractivity contribution in [2.75, 3.05) is 0 Å². The highest BCUT2D eigenvalue weighted by Gasteiger charge is 2.24. The van der Waals surface area contributed by atoms with E-state index < -0.39 is 6.29 Å². The maximum atomic E-state index is 5.94. The van der Waals surface area contributed by atoms with Gasteiger partial charge in [0.25, 0.3) is 12.2 Å². The third-order valence-electron chi connectivity index (χ3n) is 2.87. The molecule has 0 N–H and O–H groups in total. The van der Waals surface area contributed by atoms with Gasteiger partial charge in [-0.25, -0.2) is 0 Å². The minimum atomic E-state index is -0.491. The summed E-state index contributed by atoms with van der Waals surface area (Å²) >= 11 is 5.94. The predicted octanol–water partition coefficient (Wildman–Crippen LogP) is 4.06. The van der Waals surface area contributed by atoms with Crippen molar-refractivity contribution < 1.29 is 9.57 Å². The lowest BCUT2D eigenvalue weighted by molar-refractivity contribution is -0.0498. The van der Waals surface area contributed by atoms with Gasteiger partial charge in [-0.2, -0.15) is 0 Å². The van der Waals surface area contributed by atoms with Gasteiger partial charge in [-0.3, -0.25) is 0 Å². The van der Waals surface area contributed by atoms with Gasteiger partial charge in [0.15, 0.2) is 0 Å². The first-order chi connectivity index (χ1) is 9.22. The van der Waals surface area contributed by atoms with Gasteiger partial charge < -0.3 is 9.57 Å². The summed E-state index contributed by atoms with van der Waals surface area (Å²) < 4.78 is 5.70. The Kier molecular flexibility index (Phi) is 3.13. The van der Waals surface area contributed by atoms with Crippen molar-refractivity contribution in [2.24, 2.45) is 5.16 Å². The zero-order valence-electron chi connectivity index (χ0n) is 10.3. The van der Waals surface area contributed by atoms with Gasteiger partial charge in [0.1, 0.15) is 0 Å². The minimum absolute atomic E-state index is 0.452. The van der Waals surface area contributed by atoms with Gasteiger partial charge in [0, 0.05) is 16.1 Å². The molecule has 1 unspecified atom stereocenters. The van der Waals surface area contributed by atoms with Gasteiger partial charge in [-0.15, -0.1) is 0 Å². The number of hydrogen-bond acceptors (Lipinski definition) is 3. The molecule has 3 rings (SSSR count). The van der Waals surface area contributed by atoms with Crippen LogP contribution in [0.1, 0.15) is 23.0 Å². The fourth-order valence-electron chi connectivity index (χ4n) is 1.83. The topological polar surface area (TPSA) is 30.8 Å². The highest BCUT2D eigenvalue weighted by atomic mass is 35.5. The van der Waals surface area contributed by atoms with Crippen LogP contribution in [0.5, 0.6) is 0 Å². The predicted molar refractivity (Wildman–Crippen MR) is 74.1 cm³/mol. The number of ether oxygens (including phenoxy) is 1. The Morgan fingerprint density at radius 2 is 1.89 bits per heavy atom. The van der Waals surface area contributed by atoms with Crippen LogP contribution in [0.3, 0.4) is 0 Å². The Balaban J connectivity index is 1.78. The molecule has 2 aromatic carbocycles. The first-order valence-electron chi connectivity index (χ1n) is 5.95. The highest BCUT2D eigenvalue weighted by molar-refractivity contribution is 6.30. The molecule has 2 aromatic rings. The first kappa shape index (κ1) is 12.1. The van der Waals surface area contributed by atoms with Crippen molar-refractivity contribution in [2.45, 2.75) is 13.2 Å². The molecule has 0 radical (unpaired) electrons. The van der Waals surface area contributed by atoms with Gasteiger partial charge in [-0.1, -0.05) is 47.5 Å². The second-order valence-corrected chi connectivity index (χ2v) is 4.81. The van der Waals surface area contributed by atoms with E-state index in [1.165, 1.54) is 5.56 Å². The molecule has 0 bridgehead atoms. The molecule has 1 atom stereocenters. The SMILES string of the molecule is Cc1ccc(C2ON=C(c3cccc(Cl)c3)O2)cc1. The number of aryl methyl sites for hydroxylation is 1. The van der Waals surface area contributed by atoms with Crippen molar-refractivity contribution in [1.82, 2.24) is 0 Å². The molecular weight excluding hydrogens is 262 g/mol. The lowest BCUT2D eigenvalue weighted by atomic mass is 10.1. The van der Waals surface area contributed by atoms with Crippen molar-refractivity contribution in [1.29, 1.82) is 0 Å². The number of halogens is 1. The zero-order chi connectivity index (χ0) is 13.2. The summed E-state index contributed by atoms with van der Waals surface area (Å²) in [6.07, 6.45) is -0.491. The summed E-state index contributed by atoms with van der Waals surface area (Å²) in [5, 5.41) is 4.60. The van der Waals surface area contributed by atoms with E-state index >= 15 is 0 Å². The zero-order valence-corrected chi connectivity index (χ0v) is 11.1. The number of oxime groups is 1. The van der Waals surface area contributed by atoms with Crippen LogP contribution in [-0.2, 0) is 9.57 Å². The Morgan fingerprint density at radius 1 is 1.11 bits per heavy atom. The Morgan fingerprint density at radius 3 is 2.63 bits per heavy atom. The molecule has 4 heteroatoms. The quantitative estimate of drug-likeness (QED) is 0.826. The first-order valence-corrected chi connectivity index (χ1v) is 6.33. The second-order valence-electron chi connectivity index (χ2n) is 4.37. The number of benzene rings is 2. The van der Waals surface area contributed by atoms with Crippen LogP contribution in [0.2, 0.25) is 5.02 Å². The Hall–Kier alpha value is -2.00. The second kappa shape index (κ2) is 4.94. The molecule has 0 fully saturated rings. The van der Waals surface area contributed by atoms with Gasteiger partial charge in [0.05, 0.1) is 0 Å². The van der Waals surface area contributed by atoms with E-state index in [1.54, 1.807) is 12.1 Å². The summed E-state index contributed by atoms with van der Waals surface area (Å²) in [4.78, 5) is 5.31. The van der Waals surface area contributed by atoms with E-state index in [9.17, 15) is 0 Å². The van der Waals surface area contributed by atoms with Crippen LogP contribution >= 0.6 is 11.6 Å². The lowest BCUT2D eigenvalue weighted by Gasteiger charge is -2.09. The summed E-state index contributed by atoms with van der Waals surface area (Å²) in [5.41, 5.74) is 2.94. The highest BCUT2D eigenvalue weighted by Crippen LogP contribution is 2.27. The molecule has 19 heavy (non-hydrogen) atoms. The molecule has 0 saturated carbocycles. The number of nitrogens with zero attached hydrogens (tertiary/aromatic N) is 1. The molecule has 0 aliphatic carbocycles. The van der Waals surface area contributed by atoms with E-state index in [0.717, 1.165) is 11.1 Å². The summed E-state index contributed by atoms with van der Waals surface area (Å²) in [6, 6.07) is 15.3. The molecule has 1 heterocycles. The monoisotopic (exact) mass is 273 g/mol. The van der Waals surface area contributed by atoms with Crippen LogP contribution in [0.25, 0.3) is 0 Å². The van der Waals surface area contributed by atoms with E-state index in [1.807, 2.05) is 43.3 Å². The van der Waals surface area contributed by atoms with Crippen molar-refractivity contribution in [3.63, 3.8) is 0 Å². The maximum absolute atomic E-state index is 5.94. The third kappa shape index (κ3) is 2.56. The normalized spacial score (nSPS) is 17.6. The molecule has 96 valence electrons. The van der Waals surface area contributed by atoms with Crippen LogP contribution in [0.4, 0.5) is 0 Å². The Labute approximate surface area is 116 Å². The molecule has 0 spiro atoms. The minimum Gasteiger partial charge on any atom is -0.428 e. The average Bonchev–Trinajstić information content (AvgIpc) is 2.89. The molecular formula is C15H12ClNO2. The molecule has 3 nitrogen and oxygen atoms in total. The molecule has 0 saturated heterocycles. The van der Waals surface area contributed by atoms with Crippen molar-refractivity contribution >= 4 is 17.5 Å². The van der Waals surface area contributed by atoms with E-state index in [0.29, 0.717) is 10.9 Å². The Bertz CT molecular complexity index is 622. The molecule has 0 aromatic heterocycles. The smallest absolute Gasteiger partial charge is 0.293 e. The fraction of sp³-hybridized carbons (Fsp3) is 0.133. The van der Waals surface area contributed by atoms with Crippen LogP contribution in [0, 0.1) is 6.92 Å². The van der Waals surface area contributed by atoms with Crippen LogP contribution in [0.15, 0.2) is 53.7 Å². The number of rotatable bonds is 2. The standard InChI is InChI=1S/C15H12ClNO2/c1-10-5-7-11(8-6-10)15-18-14(17-19-15)12-3-2-4-13(16)9-12/h2-9,15H,1H3. The van der Waals surface area contributed by atoms with Crippen molar-refractivity contribution in [3.8, 4) is 0 Å². The van der Waals surface area contributed by atoms with Crippen LogP contribution in [-0.4, -0.2) is 5.90 Å².